The van der Waals surface area contributed by atoms with Crippen LogP contribution in [0.25, 0.3) is 0 Å². The molecule has 1 fully saturated rings. The van der Waals surface area contributed by atoms with Crippen LogP contribution in [0.4, 0.5) is 0 Å². The molecule has 0 aliphatic carbocycles. The maximum absolute atomic E-state index is 11.6. The molecule has 1 aliphatic rings. The molecule has 0 bridgehead atoms. The van der Waals surface area contributed by atoms with E-state index in [0.29, 0.717) is 34.6 Å². The van der Waals surface area contributed by atoms with E-state index in [1.54, 1.807) is 18.7 Å². The summed E-state index contributed by atoms with van der Waals surface area (Å²) in [4.78, 5) is 0. The fourth-order valence-corrected chi connectivity index (χ4v) is 4.90. The van der Waals surface area contributed by atoms with Crippen LogP contribution in [-0.4, -0.2) is 60.8 Å². The highest BCUT2D eigenvalue weighted by Gasteiger charge is 2.31. The number of rotatable bonds is 6. The standard InChI is InChI=1S/C14H22ClN5O3S2/c1-9(7-23-3)17-14(24)18-16-6-12-10(2)19-20(13(12)15)11-4-5-25(21,22)8-11/h6,9,11H,4-5,7-8H2,1-3H3,(H2,17,18,24)/b16-6-/t9-,11+/m0/s1. The second-order valence-corrected chi connectivity index (χ2v) is 8.99. The summed E-state index contributed by atoms with van der Waals surface area (Å²) in [5, 5.41) is 12.2. The molecule has 2 rings (SSSR count). The Morgan fingerprint density at radius 2 is 2.36 bits per heavy atom. The largest absolute Gasteiger partial charge is 0.383 e. The Kier molecular flexibility index (Phi) is 6.78. The molecule has 0 aromatic carbocycles. The van der Waals surface area contributed by atoms with Gasteiger partial charge in [0.2, 0.25) is 0 Å². The molecule has 0 spiro atoms. The molecule has 0 saturated carbocycles. The van der Waals surface area contributed by atoms with Crippen LogP contribution in [0.3, 0.4) is 0 Å². The van der Waals surface area contributed by atoms with Gasteiger partial charge in [0.25, 0.3) is 0 Å². The zero-order valence-electron chi connectivity index (χ0n) is 14.3. The number of thiocarbonyl (C=S) groups is 1. The van der Waals surface area contributed by atoms with E-state index in [4.69, 9.17) is 28.6 Å². The van der Waals surface area contributed by atoms with Gasteiger partial charge in [-0.3, -0.25) is 5.43 Å². The first-order valence-electron chi connectivity index (χ1n) is 7.77. The maximum atomic E-state index is 11.6. The summed E-state index contributed by atoms with van der Waals surface area (Å²) in [5.74, 6) is 0.228. The summed E-state index contributed by atoms with van der Waals surface area (Å²) in [6.07, 6.45) is 2.04. The Morgan fingerprint density at radius 3 is 2.96 bits per heavy atom. The lowest BCUT2D eigenvalue weighted by Crippen LogP contribution is -2.40. The van der Waals surface area contributed by atoms with Gasteiger partial charge in [0.1, 0.15) is 5.15 Å². The van der Waals surface area contributed by atoms with E-state index in [9.17, 15) is 8.42 Å². The zero-order chi connectivity index (χ0) is 18.6. The molecule has 11 heteroatoms. The first-order chi connectivity index (χ1) is 11.7. The van der Waals surface area contributed by atoms with Crippen LogP contribution in [-0.2, 0) is 14.6 Å². The molecular formula is C14H22ClN5O3S2. The number of hydrogen-bond donors (Lipinski definition) is 2. The Balaban J connectivity index is 2.02. The number of hydrogen-bond acceptors (Lipinski definition) is 6. The molecule has 1 saturated heterocycles. The van der Waals surface area contributed by atoms with Gasteiger partial charge in [-0.25, -0.2) is 13.1 Å². The number of ether oxygens (including phenoxy) is 1. The molecule has 1 aromatic heterocycles. The second kappa shape index (κ2) is 8.43. The van der Waals surface area contributed by atoms with Gasteiger partial charge >= 0.3 is 0 Å². The number of aromatic nitrogens is 2. The van der Waals surface area contributed by atoms with Gasteiger partial charge in [-0.1, -0.05) is 11.6 Å². The van der Waals surface area contributed by atoms with E-state index < -0.39 is 9.84 Å². The average Bonchev–Trinajstić information content (AvgIpc) is 3.00. The Hall–Kier alpha value is -1.23. The summed E-state index contributed by atoms with van der Waals surface area (Å²) in [6, 6.07) is -0.179. The van der Waals surface area contributed by atoms with Crippen molar-refractivity contribution in [2.75, 3.05) is 25.2 Å². The number of aryl methyl sites for hydroxylation is 1. The Labute approximate surface area is 157 Å². The van der Waals surface area contributed by atoms with Gasteiger partial charge in [-0.05, 0) is 32.5 Å². The number of nitrogens with one attached hydrogen (secondary N) is 2. The van der Waals surface area contributed by atoms with Crippen molar-refractivity contribution < 1.29 is 13.2 Å². The molecule has 1 aliphatic heterocycles. The highest BCUT2D eigenvalue weighted by atomic mass is 35.5. The molecule has 8 nitrogen and oxygen atoms in total. The van der Waals surface area contributed by atoms with Crippen LogP contribution >= 0.6 is 23.8 Å². The van der Waals surface area contributed by atoms with Gasteiger partial charge < -0.3 is 10.1 Å². The van der Waals surface area contributed by atoms with Crippen molar-refractivity contribution in [2.45, 2.75) is 32.4 Å². The van der Waals surface area contributed by atoms with E-state index in [2.05, 4.69) is 20.9 Å². The molecule has 140 valence electrons. The van der Waals surface area contributed by atoms with Crippen LogP contribution in [0.1, 0.15) is 30.6 Å². The molecule has 0 amide bonds. The number of nitrogens with zero attached hydrogens (tertiary/aromatic N) is 3. The van der Waals surface area contributed by atoms with Gasteiger partial charge in [-0.2, -0.15) is 10.2 Å². The van der Waals surface area contributed by atoms with Crippen LogP contribution < -0.4 is 10.7 Å². The first-order valence-corrected chi connectivity index (χ1v) is 10.4. The predicted octanol–water partition coefficient (Wildman–Crippen LogP) is 1.04. The van der Waals surface area contributed by atoms with Gasteiger partial charge in [0.05, 0.1) is 41.6 Å². The molecule has 2 heterocycles. The molecule has 2 N–H and O–H groups in total. The Morgan fingerprint density at radius 1 is 1.64 bits per heavy atom. The predicted molar refractivity (Wildman–Crippen MR) is 102 cm³/mol. The van der Waals surface area contributed by atoms with Crippen molar-refractivity contribution >= 4 is 45.0 Å². The third-order valence-corrected chi connectivity index (χ3v) is 6.12. The normalized spacial score (nSPS) is 20.7. The zero-order valence-corrected chi connectivity index (χ0v) is 16.7. The molecule has 0 unspecified atom stereocenters. The maximum Gasteiger partial charge on any atom is 0.187 e. The monoisotopic (exact) mass is 407 g/mol. The lowest BCUT2D eigenvalue weighted by molar-refractivity contribution is 0.179. The third kappa shape index (κ3) is 5.37. The fraction of sp³-hybridized carbons (Fsp3) is 0.643. The number of sulfone groups is 1. The Bertz CT molecular complexity index is 763. The number of halogens is 1. The highest BCUT2D eigenvalue weighted by molar-refractivity contribution is 7.91. The first kappa shape index (κ1) is 20.1. The highest BCUT2D eigenvalue weighted by Crippen LogP contribution is 2.29. The molecule has 0 radical (unpaired) electrons. The molecule has 1 aromatic rings. The van der Waals surface area contributed by atoms with Gasteiger partial charge in [-0.15, -0.1) is 0 Å². The SMILES string of the molecule is COC[C@H](C)NC(=S)N/N=C\c1c(C)nn([C@@H]2CCS(=O)(=O)C2)c1Cl. The number of hydrazone groups is 1. The molecular weight excluding hydrogens is 386 g/mol. The molecule has 2 atom stereocenters. The lowest BCUT2D eigenvalue weighted by Gasteiger charge is -2.13. The summed E-state index contributed by atoms with van der Waals surface area (Å²) in [5.41, 5.74) is 4.01. The third-order valence-electron chi connectivity index (χ3n) is 3.78. The second-order valence-electron chi connectivity index (χ2n) is 5.99. The van der Waals surface area contributed by atoms with E-state index in [0.717, 1.165) is 0 Å². The van der Waals surface area contributed by atoms with Crippen molar-refractivity contribution in [2.24, 2.45) is 5.10 Å². The van der Waals surface area contributed by atoms with Gasteiger partial charge in [0, 0.05) is 13.2 Å². The lowest BCUT2D eigenvalue weighted by atomic mass is 10.2. The van der Waals surface area contributed by atoms with Gasteiger partial charge in [0.15, 0.2) is 14.9 Å². The van der Waals surface area contributed by atoms with E-state index in [-0.39, 0.29) is 23.6 Å². The van der Waals surface area contributed by atoms with Crippen molar-refractivity contribution in [3.05, 3.63) is 16.4 Å². The van der Waals surface area contributed by atoms with Crippen molar-refractivity contribution in [3.63, 3.8) is 0 Å². The molecule has 25 heavy (non-hydrogen) atoms. The minimum absolute atomic E-state index is 0.0533. The van der Waals surface area contributed by atoms with Crippen LogP contribution in [0, 0.1) is 6.92 Å². The summed E-state index contributed by atoms with van der Waals surface area (Å²) >= 11 is 11.5. The van der Waals surface area contributed by atoms with Crippen LogP contribution in [0.2, 0.25) is 5.15 Å². The quantitative estimate of drug-likeness (QED) is 0.413. The summed E-state index contributed by atoms with van der Waals surface area (Å²) < 4.78 is 29.9. The summed E-state index contributed by atoms with van der Waals surface area (Å²) in [7, 11) is -1.39. The minimum atomic E-state index is -3.01. The smallest absolute Gasteiger partial charge is 0.187 e. The van der Waals surface area contributed by atoms with Crippen molar-refractivity contribution in [1.82, 2.24) is 20.5 Å². The van der Waals surface area contributed by atoms with E-state index in [1.807, 2.05) is 6.92 Å². The minimum Gasteiger partial charge on any atom is -0.383 e. The van der Waals surface area contributed by atoms with Crippen LogP contribution in [0.5, 0.6) is 0 Å². The average molecular weight is 408 g/mol. The summed E-state index contributed by atoms with van der Waals surface area (Å²) in [6.45, 7) is 4.25. The van der Waals surface area contributed by atoms with E-state index in [1.165, 1.54) is 6.21 Å². The topological polar surface area (TPSA) is 97.6 Å². The number of methoxy groups -OCH3 is 1. The van der Waals surface area contributed by atoms with E-state index >= 15 is 0 Å². The van der Waals surface area contributed by atoms with Crippen molar-refractivity contribution in [1.29, 1.82) is 0 Å². The van der Waals surface area contributed by atoms with Crippen molar-refractivity contribution in [3.8, 4) is 0 Å². The van der Waals surface area contributed by atoms with Crippen LogP contribution in [0.15, 0.2) is 5.10 Å². The fourth-order valence-electron chi connectivity index (χ4n) is 2.59.